The number of halogens is 2. The van der Waals surface area contributed by atoms with Crippen LogP contribution in [-0.2, 0) is 11.2 Å². The molecule has 0 saturated carbocycles. The molecule has 18 heavy (non-hydrogen) atoms. The van der Waals surface area contributed by atoms with Gasteiger partial charge >= 0.3 is 6.09 Å². The number of hydrogen-bond donors (Lipinski definition) is 1. The van der Waals surface area contributed by atoms with Crippen LogP contribution in [0.3, 0.4) is 0 Å². The lowest BCUT2D eigenvalue weighted by Crippen LogP contribution is -2.22. The van der Waals surface area contributed by atoms with E-state index < -0.39 is 12.5 Å². The van der Waals surface area contributed by atoms with Crippen LogP contribution in [0.15, 0.2) is 35.4 Å². The Hall–Kier alpha value is -1.98. The zero-order valence-corrected chi connectivity index (χ0v) is 9.90. The fraction of sp³-hybridized carbons (Fsp3) is 0.333. The average Bonchev–Trinajstić information content (AvgIpc) is 2.39. The number of rotatable bonds is 5. The summed E-state index contributed by atoms with van der Waals surface area (Å²) in [4.78, 5) is 10.7. The van der Waals surface area contributed by atoms with Crippen molar-refractivity contribution in [3.63, 3.8) is 0 Å². The van der Waals surface area contributed by atoms with Crippen LogP contribution in [0.5, 0.6) is 0 Å². The summed E-state index contributed by atoms with van der Waals surface area (Å²) in [6, 6.07) is 9.21. The van der Waals surface area contributed by atoms with E-state index in [4.69, 9.17) is 0 Å². The Bertz CT molecular complexity index is 408. The number of carbonyl (C=O) groups is 1. The molecule has 0 aromatic heterocycles. The number of methoxy groups -OCH3 is 1. The predicted molar refractivity (Wildman–Crippen MR) is 63.7 cm³/mol. The van der Waals surface area contributed by atoms with E-state index in [1.54, 1.807) is 0 Å². The molecule has 1 rings (SSSR count). The van der Waals surface area contributed by atoms with Crippen molar-refractivity contribution in [1.82, 2.24) is 5.43 Å². The molecule has 1 aromatic rings. The summed E-state index contributed by atoms with van der Waals surface area (Å²) in [6.45, 7) is 0. The number of hydrazone groups is 1. The third kappa shape index (κ3) is 4.90. The summed E-state index contributed by atoms with van der Waals surface area (Å²) in [5, 5.41) is 3.35. The number of ether oxygens (including phenoxy) is 1. The summed E-state index contributed by atoms with van der Waals surface area (Å²) in [6.07, 6.45) is -3.06. The fourth-order valence-corrected chi connectivity index (χ4v) is 1.29. The molecule has 0 aliphatic carbocycles. The van der Waals surface area contributed by atoms with Crippen molar-refractivity contribution in [3.8, 4) is 0 Å². The first-order chi connectivity index (χ1) is 8.63. The highest BCUT2D eigenvalue weighted by molar-refractivity contribution is 5.88. The number of alkyl halides is 2. The van der Waals surface area contributed by atoms with E-state index >= 15 is 0 Å². The molecule has 98 valence electrons. The quantitative estimate of drug-likeness (QED) is 0.650. The van der Waals surface area contributed by atoms with E-state index in [0.717, 1.165) is 12.7 Å². The highest BCUT2D eigenvalue weighted by atomic mass is 19.3. The van der Waals surface area contributed by atoms with Crippen molar-refractivity contribution in [2.24, 2.45) is 5.10 Å². The SMILES string of the molecule is COC(=O)N/N=C(/CCc1ccccc1)C(F)F. The van der Waals surface area contributed by atoms with E-state index in [1.807, 2.05) is 35.8 Å². The van der Waals surface area contributed by atoms with Crippen LogP contribution in [0.1, 0.15) is 12.0 Å². The molecule has 0 spiro atoms. The van der Waals surface area contributed by atoms with Crippen LogP contribution in [-0.4, -0.2) is 25.3 Å². The Morgan fingerprint density at radius 2 is 2.06 bits per heavy atom. The van der Waals surface area contributed by atoms with Crippen molar-refractivity contribution in [3.05, 3.63) is 35.9 Å². The molecule has 0 atom stereocenters. The molecule has 0 fully saturated rings. The number of benzene rings is 1. The van der Waals surface area contributed by atoms with Gasteiger partial charge in [-0.2, -0.15) is 5.10 Å². The molecule has 0 radical (unpaired) electrons. The van der Waals surface area contributed by atoms with Gasteiger partial charge in [0.15, 0.2) is 0 Å². The number of nitrogens with one attached hydrogen (secondary N) is 1. The lowest BCUT2D eigenvalue weighted by atomic mass is 10.1. The van der Waals surface area contributed by atoms with E-state index in [2.05, 4.69) is 9.84 Å². The molecule has 0 saturated heterocycles. The second-order valence-electron chi connectivity index (χ2n) is 3.49. The molecule has 0 aliphatic heterocycles. The third-order valence-electron chi connectivity index (χ3n) is 2.24. The molecule has 0 unspecified atom stereocenters. The second-order valence-corrected chi connectivity index (χ2v) is 3.49. The Morgan fingerprint density at radius 3 is 2.61 bits per heavy atom. The summed E-state index contributed by atoms with van der Waals surface area (Å²) in [7, 11) is 1.14. The summed E-state index contributed by atoms with van der Waals surface area (Å²) >= 11 is 0. The minimum absolute atomic E-state index is 0.0751. The summed E-state index contributed by atoms with van der Waals surface area (Å²) < 4.78 is 29.5. The summed E-state index contributed by atoms with van der Waals surface area (Å²) in [5.41, 5.74) is 2.46. The lowest BCUT2D eigenvalue weighted by Gasteiger charge is -2.06. The normalized spacial score (nSPS) is 11.4. The molecule has 0 bridgehead atoms. The van der Waals surface area contributed by atoms with Gasteiger partial charge in [-0.1, -0.05) is 30.3 Å². The molecule has 1 aromatic carbocycles. The Balaban J connectivity index is 2.56. The molecule has 6 heteroatoms. The highest BCUT2D eigenvalue weighted by Gasteiger charge is 2.14. The van der Waals surface area contributed by atoms with Crippen LogP contribution >= 0.6 is 0 Å². The van der Waals surface area contributed by atoms with Gasteiger partial charge in [0.2, 0.25) is 0 Å². The Labute approximate surface area is 104 Å². The van der Waals surface area contributed by atoms with Crippen molar-refractivity contribution in [2.75, 3.05) is 7.11 Å². The third-order valence-corrected chi connectivity index (χ3v) is 2.24. The van der Waals surface area contributed by atoms with Crippen molar-refractivity contribution < 1.29 is 18.3 Å². The van der Waals surface area contributed by atoms with E-state index in [9.17, 15) is 13.6 Å². The largest absolute Gasteiger partial charge is 0.452 e. The number of carbonyl (C=O) groups excluding carboxylic acids is 1. The van der Waals surface area contributed by atoms with Crippen molar-refractivity contribution in [2.45, 2.75) is 19.3 Å². The van der Waals surface area contributed by atoms with Crippen LogP contribution in [0, 0.1) is 0 Å². The number of hydrogen-bond acceptors (Lipinski definition) is 3. The Morgan fingerprint density at radius 1 is 1.39 bits per heavy atom. The number of amides is 1. The zero-order chi connectivity index (χ0) is 13.4. The molecule has 1 amide bonds. The zero-order valence-electron chi connectivity index (χ0n) is 9.90. The van der Waals surface area contributed by atoms with E-state index in [-0.39, 0.29) is 12.1 Å². The minimum Gasteiger partial charge on any atom is -0.452 e. The first-order valence-electron chi connectivity index (χ1n) is 5.36. The maximum Gasteiger partial charge on any atom is 0.427 e. The Kier molecular flexibility index (Phi) is 5.76. The van der Waals surface area contributed by atoms with Gasteiger partial charge in [-0.25, -0.2) is 19.0 Å². The molecular weight excluding hydrogens is 242 g/mol. The monoisotopic (exact) mass is 256 g/mol. The van der Waals surface area contributed by atoms with Gasteiger partial charge < -0.3 is 4.74 Å². The minimum atomic E-state index is -2.70. The maximum absolute atomic E-state index is 12.6. The summed E-state index contributed by atoms with van der Waals surface area (Å²) in [5.74, 6) is 0. The molecule has 0 aliphatic rings. The van der Waals surface area contributed by atoms with Gasteiger partial charge in [0.05, 0.1) is 7.11 Å². The molecule has 1 N–H and O–H groups in total. The van der Waals surface area contributed by atoms with Crippen molar-refractivity contribution >= 4 is 11.8 Å². The highest BCUT2D eigenvalue weighted by Crippen LogP contribution is 2.07. The predicted octanol–water partition coefficient (Wildman–Crippen LogP) is 2.60. The lowest BCUT2D eigenvalue weighted by molar-refractivity contribution is 0.171. The van der Waals surface area contributed by atoms with Crippen molar-refractivity contribution in [1.29, 1.82) is 0 Å². The van der Waals surface area contributed by atoms with Gasteiger partial charge in [-0.3, -0.25) is 0 Å². The smallest absolute Gasteiger partial charge is 0.427 e. The molecular formula is C12H14F2N2O2. The van der Waals surface area contributed by atoms with Crippen LogP contribution in [0.4, 0.5) is 13.6 Å². The first kappa shape index (κ1) is 14.1. The van der Waals surface area contributed by atoms with Gasteiger partial charge in [-0.05, 0) is 18.4 Å². The number of nitrogens with zero attached hydrogens (tertiary/aromatic N) is 1. The van der Waals surface area contributed by atoms with Gasteiger partial charge in [0.25, 0.3) is 6.43 Å². The standard InChI is InChI=1S/C12H14F2N2O2/c1-18-12(17)16-15-10(11(13)14)8-7-9-5-3-2-4-6-9/h2-6,11H,7-8H2,1H3,(H,16,17)/b15-10-. The maximum atomic E-state index is 12.6. The first-order valence-corrected chi connectivity index (χ1v) is 5.36. The topological polar surface area (TPSA) is 50.7 Å². The fourth-order valence-electron chi connectivity index (χ4n) is 1.29. The van der Waals surface area contributed by atoms with Crippen LogP contribution in [0.2, 0.25) is 0 Å². The van der Waals surface area contributed by atoms with E-state index in [1.165, 1.54) is 0 Å². The number of aryl methyl sites for hydroxylation is 1. The van der Waals surface area contributed by atoms with Gasteiger partial charge in [0, 0.05) is 0 Å². The second kappa shape index (κ2) is 7.37. The van der Waals surface area contributed by atoms with Gasteiger partial charge in [0.1, 0.15) is 5.71 Å². The van der Waals surface area contributed by atoms with Gasteiger partial charge in [-0.15, -0.1) is 0 Å². The van der Waals surface area contributed by atoms with Crippen LogP contribution < -0.4 is 5.43 Å². The molecule has 4 nitrogen and oxygen atoms in total. The van der Waals surface area contributed by atoms with Crippen LogP contribution in [0.25, 0.3) is 0 Å². The van der Waals surface area contributed by atoms with E-state index in [0.29, 0.717) is 6.42 Å². The molecule has 0 heterocycles. The average molecular weight is 256 g/mol.